The van der Waals surface area contributed by atoms with Gasteiger partial charge >= 0.3 is 0 Å². The van der Waals surface area contributed by atoms with Gasteiger partial charge in [0, 0.05) is 26.1 Å². The van der Waals surface area contributed by atoms with E-state index in [2.05, 4.69) is 41.2 Å². The lowest BCUT2D eigenvalue weighted by Crippen LogP contribution is -2.51. The summed E-state index contributed by atoms with van der Waals surface area (Å²) in [4.78, 5) is 6.40. The fourth-order valence-corrected chi connectivity index (χ4v) is 2.27. The van der Waals surface area contributed by atoms with Crippen molar-refractivity contribution in [2.45, 2.75) is 13.8 Å². The first-order valence-electron chi connectivity index (χ1n) is 7.71. The topological polar surface area (TPSA) is 46.1 Å². The van der Waals surface area contributed by atoms with Gasteiger partial charge < -0.3 is 19.7 Å². The second-order valence-electron chi connectivity index (χ2n) is 6.29. The van der Waals surface area contributed by atoms with Crippen LogP contribution < -0.4 is 10.1 Å². The third-order valence-corrected chi connectivity index (χ3v) is 3.86. The average molecular weight is 305 g/mol. The number of hydrogen-bond donors (Lipinski definition) is 1. The minimum Gasteiger partial charge on any atom is -0.492 e. The number of likely N-dealkylation sites (N-methyl/N-ethyl adjacent to an activating group) is 1. The number of rotatable bonds is 6. The van der Waals surface area contributed by atoms with Crippen molar-refractivity contribution in [2.24, 2.45) is 10.4 Å². The number of aryl methyl sites for hydroxylation is 1. The second kappa shape index (κ2) is 7.49. The van der Waals surface area contributed by atoms with Crippen molar-refractivity contribution in [3.8, 4) is 5.75 Å². The Morgan fingerprint density at radius 1 is 1.36 bits per heavy atom. The maximum Gasteiger partial charge on any atom is 0.193 e. The summed E-state index contributed by atoms with van der Waals surface area (Å²) in [6.45, 7) is 8.21. The highest BCUT2D eigenvalue weighted by Gasteiger charge is 2.33. The van der Waals surface area contributed by atoms with Crippen LogP contribution in [0.1, 0.15) is 12.5 Å². The molecule has 5 nitrogen and oxygen atoms in total. The molecule has 0 radical (unpaired) electrons. The van der Waals surface area contributed by atoms with Crippen LogP contribution in [0.2, 0.25) is 0 Å². The Balaban J connectivity index is 1.72. The molecular formula is C17H27N3O2. The number of ether oxygens (including phenoxy) is 2. The fourth-order valence-electron chi connectivity index (χ4n) is 2.27. The van der Waals surface area contributed by atoms with E-state index in [1.807, 2.05) is 19.2 Å². The van der Waals surface area contributed by atoms with Crippen molar-refractivity contribution < 1.29 is 9.47 Å². The predicted molar refractivity (Wildman–Crippen MR) is 89.6 cm³/mol. The quantitative estimate of drug-likeness (QED) is 0.644. The number of guanidine groups is 1. The number of hydrogen-bond acceptors (Lipinski definition) is 3. The monoisotopic (exact) mass is 305 g/mol. The van der Waals surface area contributed by atoms with E-state index in [-0.39, 0.29) is 5.41 Å². The summed E-state index contributed by atoms with van der Waals surface area (Å²) < 4.78 is 11.0. The average Bonchev–Trinajstić information content (AvgIpc) is 2.48. The summed E-state index contributed by atoms with van der Waals surface area (Å²) >= 11 is 0. The minimum absolute atomic E-state index is 0.231. The summed E-state index contributed by atoms with van der Waals surface area (Å²) in [5, 5.41) is 3.41. The van der Waals surface area contributed by atoms with Gasteiger partial charge in [0.25, 0.3) is 0 Å². The van der Waals surface area contributed by atoms with Crippen molar-refractivity contribution in [3.63, 3.8) is 0 Å². The molecule has 1 aliphatic heterocycles. The lowest BCUT2D eigenvalue weighted by atomic mass is 9.89. The van der Waals surface area contributed by atoms with Crippen LogP contribution in [0.5, 0.6) is 5.75 Å². The van der Waals surface area contributed by atoms with E-state index in [9.17, 15) is 0 Å². The summed E-state index contributed by atoms with van der Waals surface area (Å²) in [5.41, 5.74) is 1.47. The number of aliphatic imine (C=N–C) groups is 1. The molecule has 1 saturated heterocycles. The van der Waals surface area contributed by atoms with E-state index in [4.69, 9.17) is 9.47 Å². The molecule has 1 aliphatic rings. The molecule has 1 fully saturated rings. The van der Waals surface area contributed by atoms with Gasteiger partial charge in [-0.05, 0) is 19.1 Å². The first-order valence-corrected chi connectivity index (χ1v) is 7.71. The Kier molecular flexibility index (Phi) is 5.66. The lowest BCUT2D eigenvalue weighted by Gasteiger charge is -2.39. The van der Waals surface area contributed by atoms with Gasteiger partial charge in [0.05, 0.1) is 19.8 Å². The molecule has 0 atom stereocenters. The van der Waals surface area contributed by atoms with Crippen LogP contribution in [-0.4, -0.2) is 57.9 Å². The van der Waals surface area contributed by atoms with Crippen LogP contribution in [0.4, 0.5) is 0 Å². The molecule has 1 aromatic rings. The van der Waals surface area contributed by atoms with Gasteiger partial charge in [-0.15, -0.1) is 0 Å². The van der Waals surface area contributed by atoms with E-state index in [0.717, 1.165) is 38.0 Å². The zero-order valence-corrected chi connectivity index (χ0v) is 14.1. The van der Waals surface area contributed by atoms with Gasteiger partial charge in [0.1, 0.15) is 12.4 Å². The Bertz CT molecular complexity index is 495. The first kappa shape index (κ1) is 16.6. The van der Waals surface area contributed by atoms with Gasteiger partial charge in [-0.1, -0.05) is 24.6 Å². The van der Waals surface area contributed by atoms with Crippen LogP contribution in [-0.2, 0) is 4.74 Å². The molecule has 0 aromatic heterocycles. The van der Waals surface area contributed by atoms with Gasteiger partial charge in [0.15, 0.2) is 5.96 Å². The van der Waals surface area contributed by atoms with Crippen LogP contribution in [0.15, 0.2) is 29.3 Å². The summed E-state index contributed by atoms with van der Waals surface area (Å²) in [6, 6.07) is 8.11. The van der Waals surface area contributed by atoms with Gasteiger partial charge in [0.2, 0.25) is 0 Å². The lowest BCUT2D eigenvalue weighted by molar-refractivity contribution is -0.0972. The normalized spacial score (nSPS) is 16.8. The van der Waals surface area contributed by atoms with Crippen molar-refractivity contribution in [1.29, 1.82) is 0 Å². The molecule has 1 N–H and O–H groups in total. The van der Waals surface area contributed by atoms with Crippen molar-refractivity contribution in [3.05, 3.63) is 29.8 Å². The van der Waals surface area contributed by atoms with Crippen LogP contribution in [0.3, 0.4) is 0 Å². The van der Waals surface area contributed by atoms with E-state index >= 15 is 0 Å². The molecule has 122 valence electrons. The zero-order valence-electron chi connectivity index (χ0n) is 14.1. The standard InChI is InChI=1S/C17H27N3O2/c1-14-5-7-15(8-6-14)22-10-9-20(4)16(18-3)19-11-17(2)12-21-13-17/h5-8H,9-13H2,1-4H3,(H,18,19). The highest BCUT2D eigenvalue weighted by atomic mass is 16.5. The van der Waals surface area contributed by atoms with E-state index in [1.165, 1.54) is 5.56 Å². The number of nitrogens with zero attached hydrogens (tertiary/aromatic N) is 2. The maximum absolute atomic E-state index is 5.76. The largest absolute Gasteiger partial charge is 0.492 e. The van der Waals surface area contributed by atoms with Crippen LogP contribution in [0.25, 0.3) is 0 Å². The molecule has 0 aliphatic carbocycles. The van der Waals surface area contributed by atoms with E-state index in [0.29, 0.717) is 6.61 Å². The smallest absolute Gasteiger partial charge is 0.193 e. The summed E-state index contributed by atoms with van der Waals surface area (Å²) in [6.07, 6.45) is 0. The number of benzene rings is 1. The molecule has 0 spiro atoms. The van der Waals surface area contributed by atoms with Crippen molar-refractivity contribution in [2.75, 3.05) is 47.0 Å². The Labute approximate surface area is 133 Å². The zero-order chi connectivity index (χ0) is 16.0. The van der Waals surface area contributed by atoms with Crippen molar-refractivity contribution in [1.82, 2.24) is 10.2 Å². The predicted octanol–water partition coefficient (Wildman–Crippen LogP) is 1.92. The first-order chi connectivity index (χ1) is 10.5. The molecule has 0 bridgehead atoms. The molecule has 1 heterocycles. The highest BCUT2D eigenvalue weighted by Crippen LogP contribution is 2.25. The van der Waals surface area contributed by atoms with Gasteiger partial charge in [-0.3, -0.25) is 4.99 Å². The molecule has 0 amide bonds. The third-order valence-electron chi connectivity index (χ3n) is 3.86. The fraction of sp³-hybridized carbons (Fsp3) is 0.588. The minimum atomic E-state index is 0.231. The Morgan fingerprint density at radius 2 is 2.05 bits per heavy atom. The highest BCUT2D eigenvalue weighted by molar-refractivity contribution is 5.79. The maximum atomic E-state index is 5.76. The van der Waals surface area contributed by atoms with Crippen LogP contribution in [0, 0.1) is 12.3 Å². The molecule has 22 heavy (non-hydrogen) atoms. The summed E-state index contributed by atoms with van der Waals surface area (Å²) in [7, 11) is 3.83. The second-order valence-corrected chi connectivity index (χ2v) is 6.29. The Hall–Kier alpha value is -1.75. The van der Waals surface area contributed by atoms with E-state index in [1.54, 1.807) is 7.05 Å². The molecule has 0 unspecified atom stereocenters. The van der Waals surface area contributed by atoms with Crippen LogP contribution >= 0.6 is 0 Å². The van der Waals surface area contributed by atoms with Gasteiger partial charge in [-0.25, -0.2) is 0 Å². The molecule has 0 saturated carbocycles. The van der Waals surface area contributed by atoms with Crippen molar-refractivity contribution >= 4 is 5.96 Å². The molecule has 2 rings (SSSR count). The molecular weight excluding hydrogens is 278 g/mol. The number of nitrogens with one attached hydrogen (secondary N) is 1. The summed E-state index contributed by atoms with van der Waals surface area (Å²) in [5.74, 6) is 1.79. The molecule has 1 aromatic carbocycles. The third kappa shape index (κ3) is 4.63. The molecule has 5 heteroatoms. The van der Waals surface area contributed by atoms with Gasteiger partial charge in [-0.2, -0.15) is 0 Å². The van der Waals surface area contributed by atoms with E-state index < -0.39 is 0 Å². The SMILES string of the molecule is CN=C(NCC1(C)COC1)N(C)CCOc1ccc(C)cc1. The Morgan fingerprint density at radius 3 is 2.59 bits per heavy atom.